The summed E-state index contributed by atoms with van der Waals surface area (Å²) in [6.07, 6.45) is 1.10. The molecule has 98 valence electrons. The molecule has 0 aliphatic carbocycles. The van der Waals surface area contributed by atoms with Gasteiger partial charge in [-0.05, 0) is 23.6 Å². The fourth-order valence-electron chi connectivity index (χ4n) is 2.46. The molecular formula is C17H19NO. The summed E-state index contributed by atoms with van der Waals surface area (Å²) in [7, 11) is 0. The van der Waals surface area contributed by atoms with Crippen LogP contribution in [-0.4, -0.2) is 11.6 Å². The van der Waals surface area contributed by atoms with E-state index in [-0.39, 0.29) is 0 Å². The zero-order valence-electron chi connectivity index (χ0n) is 11.3. The van der Waals surface area contributed by atoms with Crippen molar-refractivity contribution in [1.29, 1.82) is 0 Å². The Morgan fingerprint density at radius 1 is 1.00 bits per heavy atom. The van der Waals surface area contributed by atoms with E-state index in [0.717, 1.165) is 25.3 Å². The van der Waals surface area contributed by atoms with E-state index in [1.54, 1.807) is 0 Å². The van der Waals surface area contributed by atoms with Crippen LogP contribution < -0.4 is 4.74 Å². The summed E-state index contributed by atoms with van der Waals surface area (Å²) in [5.41, 5.74) is 4.02. The molecular weight excluding hydrogens is 234 g/mol. The van der Waals surface area contributed by atoms with E-state index >= 15 is 0 Å². The van der Waals surface area contributed by atoms with Crippen LogP contribution in [0.4, 0.5) is 0 Å². The van der Waals surface area contributed by atoms with Crippen LogP contribution >= 0.6 is 0 Å². The lowest BCUT2D eigenvalue weighted by Gasteiger charge is -2.28. The van der Waals surface area contributed by atoms with Crippen molar-refractivity contribution in [2.24, 2.45) is 0 Å². The average Bonchev–Trinajstić information content (AvgIpc) is 2.48. The van der Waals surface area contributed by atoms with Crippen LogP contribution in [0.25, 0.3) is 0 Å². The number of rotatable bonds is 3. The molecule has 0 N–H and O–H groups in total. The normalized spacial score (nSPS) is 14.8. The Balaban J connectivity index is 1.68. The molecule has 0 fully saturated rings. The van der Waals surface area contributed by atoms with Gasteiger partial charge in [-0.2, -0.15) is 0 Å². The Labute approximate surface area is 114 Å². The second kappa shape index (κ2) is 5.45. The van der Waals surface area contributed by atoms with Crippen molar-refractivity contribution in [2.75, 3.05) is 6.73 Å². The third kappa shape index (κ3) is 2.79. The van der Waals surface area contributed by atoms with E-state index in [1.807, 2.05) is 12.1 Å². The molecule has 0 bridgehead atoms. The third-order valence-corrected chi connectivity index (χ3v) is 3.61. The minimum Gasteiger partial charge on any atom is -0.478 e. The molecule has 0 aromatic heterocycles. The molecule has 1 aliphatic rings. The largest absolute Gasteiger partial charge is 0.478 e. The van der Waals surface area contributed by atoms with Gasteiger partial charge in [0.2, 0.25) is 0 Å². The summed E-state index contributed by atoms with van der Waals surface area (Å²) in [5, 5.41) is 0. The van der Waals surface area contributed by atoms with Crippen LogP contribution in [-0.2, 0) is 19.5 Å². The van der Waals surface area contributed by atoms with E-state index in [1.165, 1.54) is 16.7 Å². The number of fused-ring (bicyclic) bond motifs is 1. The fraction of sp³-hybridized carbons (Fsp3) is 0.294. The molecule has 0 saturated heterocycles. The van der Waals surface area contributed by atoms with E-state index < -0.39 is 0 Å². The van der Waals surface area contributed by atoms with Gasteiger partial charge in [0.15, 0.2) is 0 Å². The molecule has 19 heavy (non-hydrogen) atoms. The van der Waals surface area contributed by atoms with Crippen molar-refractivity contribution < 1.29 is 4.74 Å². The predicted molar refractivity (Wildman–Crippen MR) is 77.0 cm³/mol. The van der Waals surface area contributed by atoms with Gasteiger partial charge >= 0.3 is 0 Å². The third-order valence-electron chi connectivity index (χ3n) is 3.61. The van der Waals surface area contributed by atoms with Crippen LogP contribution in [0.3, 0.4) is 0 Å². The van der Waals surface area contributed by atoms with Gasteiger partial charge in [-0.25, -0.2) is 0 Å². The highest BCUT2D eigenvalue weighted by molar-refractivity contribution is 5.34. The van der Waals surface area contributed by atoms with Crippen LogP contribution in [0, 0.1) is 0 Å². The summed E-state index contributed by atoms with van der Waals surface area (Å²) in [4.78, 5) is 2.32. The molecule has 2 aromatic carbocycles. The lowest BCUT2D eigenvalue weighted by atomic mass is 10.1. The lowest BCUT2D eigenvalue weighted by molar-refractivity contribution is 0.0887. The number of benzene rings is 2. The predicted octanol–water partition coefficient (Wildman–Crippen LogP) is 3.60. The van der Waals surface area contributed by atoms with Crippen LogP contribution in [0.1, 0.15) is 23.6 Å². The monoisotopic (exact) mass is 253 g/mol. The minimum atomic E-state index is 0.673. The van der Waals surface area contributed by atoms with Gasteiger partial charge in [0.1, 0.15) is 12.5 Å². The van der Waals surface area contributed by atoms with Gasteiger partial charge in [0, 0.05) is 18.7 Å². The Morgan fingerprint density at radius 3 is 2.53 bits per heavy atom. The van der Waals surface area contributed by atoms with Crippen molar-refractivity contribution in [2.45, 2.75) is 26.4 Å². The zero-order valence-corrected chi connectivity index (χ0v) is 11.3. The highest BCUT2D eigenvalue weighted by atomic mass is 16.5. The van der Waals surface area contributed by atoms with E-state index in [0.29, 0.717) is 6.73 Å². The van der Waals surface area contributed by atoms with E-state index in [9.17, 15) is 0 Å². The van der Waals surface area contributed by atoms with Crippen molar-refractivity contribution in [1.82, 2.24) is 4.90 Å². The molecule has 1 aliphatic heterocycles. The number of nitrogens with zero attached hydrogens (tertiary/aromatic N) is 1. The Morgan fingerprint density at radius 2 is 1.74 bits per heavy atom. The van der Waals surface area contributed by atoms with Crippen molar-refractivity contribution in [3.05, 3.63) is 65.2 Å². The molecule has 2 aromatic rings. The summed E-state index contributed by atoms with van der Waals surface area (Å²) in [5.74, 6) is 1.03. The second-order valence-corrected chi connectivity index (χ2v) is 5.04. The van der Waals surface area contributed by atoms with E-state index in [2.05, 4.69) is 48.2 Å². The zero-order chi connectivity index (χ0) is 13.1. The topological polar surface area (TPSA) is 12.5 Å². The van der Waals surface area contributed by atoms with E-state index in [4.69, 9.17) is 4.74 Å². The second-order valence-electron chi connectivity index (χ2n) is 5.04. The van der Waals surface area contributed by atoms with Gasteiger partial charge in [-0.15, -0.1) is 0 Å². The fourth-order valence-corrected chi connectivity index (χ4v) is 2.46. The first-order valence-corrected chi connectivity index (χ1v) is 6.86. The number of hydrogen-bond acceptors (Lipinski definition) is 2. The standard InChI is InChI=1S/C17H19NO/c1-2-14-7-9-15(10-8-14)11-18-12-16-5-3-4-6-17(16)19-13-18/h3-10H,2,11-13H2,1H3. The van der Waals surface area contributed by atoms with Crippen LogP contribution in [0.5, 0.6) is 5.75 Å². The first-order chi connectivity index (χ1) is 9.35. The van der Waals surface area contributed by atoms with Gasteiger partial charge in [-0.1, -0.05) is 49.4 Å². The Bertz CT molecular complexity index is 547. The maximum atomic E-state index is 5.78. The first kappa shape index (κ1) is 12.2. The van der Waals surface area contributed by atoms with Crippen molar-refractivity contribution in [3.63, 3.8) is 0 Å². The Kier molecular flexibility index (Phi) is 3.51. The van der Waals surface area contributed by atoms with Gasteiger partial charge in [0.25, 0.3) is 0 Å². The quantitative estimate of drug-likeness (QED) is 0.828. The van der Waals surface area contributed by atoms with Crippen LogP contribution in [0.2, 0.25) is 0 Å². The molecule has 0 radical (unpaired) electrons. The summed E-state index contributed by atoms with van der Waals surface area (Å²) in [6.45, 7) is 4.76. The van der Waals surface area contributed by atoms with Crippen molar-refractivity contribution >= 4 is 0 Å². The molecule has 0 spiro atoms. The maximum absolute atomic E-state index is 5.78. The summed E-state index contributed by atoms with van der Waals surface area (Å²) >= 11 is 0. The maximum Gasteiger partial charge on any atom is 0.142 e. The smallest absolute Gasteiger partial charge is 0.142 e. The highest BCUT2D eigenvalue weighted by Gasteiger charge is 2.16. The van der Waals surface area contributed by atoms with Gasteiger partial charge in [0.05, 0.1) is 0 Å². The number of para-hydroxylation sites is 1. The van der Waals surface area contributed by atoms with Crippen LogP contribution in [0.15, 0.2) is 48.5 Å². The molecule has 0 atom stereocenters. The molecule has 1 heterocycles. The molecule has 2 nitrogen and oxygen atoms in total. The molecule has 0 saturated carbocycles. The molecule has 3 rings (SSSR count). The van der Waals surface area contributed by atoms with Gasteiger partial charge < -0.3 is 4.74 Å². The summed E-state index contributed by atoms with van der Waals surface area (Å²) < 4.78 is 5.78. The SMILES string of the molecule is CCc1ccc(CN2COc3ccccc3C2)cc1. The average molecular weight is 253 g/mol. The lowest BCUT2D eigenvalue weighted by Crippen LogP contribution is -2.31. The van der Waals surface area contributed by atoms with Crippen molar-refractivity contribution in [3.8, 4) is 5.75 Å². The molecule has 2 heteroatoms. The highest BCUT2D eigenvalue weighted by Crippen LogP contribution is 2.25. The number of hydrogen-bond donors (Lipinski definition) is 0. The first-order valence-electron chi connectivity index (χ1n) is 6.86. The van der Waals surface area contributed by atoms with Gasteiger partial charge in [-0.3, -0.25) is 4.90 Å². The minimum absolute atomic E-state index is 0.673. The Hall–Kier alpha value is -1.80. The number of aryl methyl sites for hydroxylation is 1. The number of ether oxygens (including phenoxy) is 1. The molecule has 0 unspecified atom stereocenters. The molecule has 0 amide bonds. The summed E-state index contributed by atoms with van der Waals surface area (Å²) in [6, 6.07) is 17.2.